The lowest BCUT2D eigenvalue weighted by molar-refractivity contribution is -0.0498. The Morgan fingerprint density at radius 2 is 1.94 bits per heavy atom. The van der Waals surface area contributed by atoms with Crippen molar-refractivity contribution in [2.75, 3.05) is 13.2 Å². The highest BCUT2D eigenvalue weighted by Gasteiger charge is 2.24. The van der Waals surface area contributed by atoms with Crippen molar-refractivity contribution in [2.24, 2.45) is 0 Å². The summed E-state index contributed by atoms with van der Waals surface area (Å²) in [6, 6.07) is 6.30. The Labute approximate surface area is 106 Å². The number of halogens is 2. The largest absolute Gasteiger partial charge is 0.435 e. The molecule has 18 heavy (non-hydrogen) atoms. The Hall–Kier alpha value is -1.20. The Morgan fingerprint density at radius 3 is 2.39 bits per heavy atom. The van der Waals surface area contributed by atoms with Crippen LogP contribution in [0.2, 0.25) is 0 Å². The van der Waals surface area contributed by atoms with Gasteiger partial charge >= 0.3 is 6.61 Å². The van der Waals surface area contributed by atoms with Crippen LogP contribution in [0.3, 0.4) is 0 Å². The normalized spacial score (nSPS) is 14.6. The number of alkyl halides is 2. The van der Waals surface area contributed by atoms with Gasteiger partial charge in [0.25, 0.3) is 0 Å². The predicted octanol–water partition coefficient (Wildman–Crippen LogP) is 2.50. The van der Waals surface area contributed by atoms with E-state index in [1.165, 1.54) is 12.1 Å². The maximum Gasteiger partial charge on any atom is 0.387 e. The molecule has 2 N–H and O–H groups in total. The van der Waals surface area contributed by atoms with E-state index in [0.717, 1.165) is 18.5 Å². The monoisotopic (exact) mass is 259 g/mol. The minimum atomic E-state index is -2.82. The van der Waals surface area contributed by atoms with Crippen LogP contribution in [-0.4, -0.2) is 24.9 Å². The molecule has 3 nitrogen and oxygen atoms in total. The zero-order valence-electron chi connectivity index (χ0n) is 10.6. The summed E-state index contributed by atoms with van der Waals surface area (Å²) < 4.78 is 28.3. The van der Waals surface area contributed by atoms with Gasteiger partial charge < -0.3 is 15.2 Å². The number of hydrogen-bond donors (Lipinski definition) is 2. The van der Waals surface area contributed by atoms with E-state index in [0.29, 0.717) is 0 Å². The number of hydrogen-bond acceptors (Lipinski definition) is 3. The summed E-state index contributed by atoms with van der Waals surface area (Å²) >= 11 is 0. The van der Waals surface area contributed by atoms with E-state index in [1.54, 1.807) is 12.1 Å². The van der Waals surface area contributed by atoms with Crippen LogP contribution in [-0.2, 0) is 5.54 Å². The molecule has 1 unspecified atom stereocenters. The average Bonchev–Trinajstić information content (AvgIpc) is 2.36. The summed E-state index contributed by atoms with van der Waals surface area (Å²) in [5.41, 5.74) is 0.263. The van der Waals surface area contributed by atoms with Gasteiger partial charge in [-0.15, -0.1) is 0 Å². The van der Waals surface area contributed by atoms with Crippen molar-refractivity contribution < 1.29 is 18.6 Å². The van der Waals surface area contributed by atoms with Crippen molar-refractivity contribution in [3.8, 4) is 5.75 Å². The number of ether oxygens (including phenoxy) is 1. The van der Waals surface area contributed by atoms with Crippen LogP contribution in [0.4, 0.5) is 8.78 Å². The summed E-state index contributed by atoms with van der Waals surface area (Å²) in [7, 11) is 0. The molecule has 1 aromatic rings. The summed E-state index contributed by atoms with van der Waals surface area (Å²) in [6.07, 6.45) is 0.947. The quantitative estimate of drug-likeness (QED) is 0.790. The third-order valence-electron chi connectivity index (χ3n) is 2.80. The highest BCUT2D eigenvalue weighted by atomic mass is 19.3. The van der Waals surface area contributed by atoms with Gasteiger partial charge in [-0.3, -0.25) is 0 Å². The van der Waals surface area contributed by atoms with Crippen molar-refractivity contribution in [3.05, 3.63) is 29.8 Å². The number of rotatable bonds is 7. The van der Waals surface area contributed by atoms with Gasteiger partial charge in [0, 0.05) is 0 Å². The van der Waals surface area contributed by atoms with Gasteiger partial charge in [-0.25, -0.2) is 0 Å². The van der Waals surface area contributed by atoms with E-state index in [-0.39, 0.29) is 12.4 Å². The molecule has 0 heterocycles. The smallest absolute Gasteiger partial charge is 0.387 e. The molecular formula is C13H19F2NO2. The zero-order chi connectivity index (χ0) is 13.6. The van der Waals surface area contributed by atoms with Gasteiger partial charge in [0.15, 0.2) is 0 Å². The predicted molar refractivity (Wildman–Crippen MR) is 65.8 cm³/mol. The second-order valence-electron chi connectivity index (χ2n) is 4.32. The molecule has 0 saturated carbocycles. The standard InChI is InChI=1S/C13H19F2NO2/c1-3-8-16-13(2,9-17)10-4-6-11(7-5-10)18-12(14)15/h4-7,12,16-17H,3,8-9H2,1-2H3. The van der Waals surface area contributed by atoms with Crippen LogP contribution < -0.4 is 10.1 Å². The zero-order valence-corrected chi connectivity index (χ0v) is 10.6. The Bertz CT molecular complexity index is 357. The molecular weight excluding hydrogens is 240 g/mol. The first-order chi connectivity index (χ1) is 8.51. The summed E-state index contributed by atoms with van der Waals surface area (Å²) in [6.45, 7) is 1.78. The molecule has 0 bridgehead atoms. The van der Waals surface area contributed by atoms with Gasteiger partial charge in [0.1, 0.15) is 5.75 Å². The minimum absolute atomic E-state index is 0.0674. The molecule has 1 rings (SSSR count). The Kier molecular flexibility index (Phi) is 5.50. The number of aliphatic hydroxyl groups excluding tert-OH is 1. The van der Waals surface area contributed by atoms with E-state index in [4.69, 9.17) is 0 Å². The molecule has 0 spiro atoms. The minimum Gasteiger partial charge on any atom is -0.435 e. The first-order valence-corrected chi connectivity index (χ1v) is 5.93. The van der Waals surface area contributed by atoms with Gasteiger partial charge in [-0.05, 0) is 37.6 Å². The highest BCUT2D eigenvalue weighted by Crippen LogP contribution is 2.23. The topological polar surface area (TPSA) is 41.5 Å². The van der Waals surface area contributed by atoms with Crippen LogP contribution in [0.1, 0.15) is 25.8 Å². The molecule has 0 fully saturated rings. The summed E-state index contributed by atoms with van der Waals surface area (Å²) in [5.74, 6) is 0.115. The van der Waals surface area contributed by atoms with Crippen molar-refractivity contribution in [1.82, 2.24) is 5.32 Å². The molecule has 0 aliphatic carbocycles. The van der Waals surface area contributed by atoms with Crippen LogP contribution >= 0.6 is 0 Å². The fraction of sp³-hybridized carbons (Fsp3) is 0.538. The second kappa shape index (κ2) is 6.66. The fourth-order valence-corrected chi connectivity index (χ4v) is 1.65. The van der Waals surface area contributed by atoms with E-state index in [2.05, 4.69) is 10.1 Å². The molecule has 1 atom stereocenters. The first-order valence-electron chi connectivity index (χ1n) is 5.93. The maximum absolute atomic E-state index is 12.0. The molecule has 0 aliphatic heterocycles. The lowest BCUT2D eigenvalue weighted by Crippen LogP contribution is -2.43. The van der Waals surface area contributed by atoms with Gasteiger partial charge in [0.2, 0.25) is 0 Å². The third kappa shape index (κ3) is 3.92. The molecule has 0 saturated heterocycles. The SMILES string of the molecule is CCCNC(C)(CO)c1ccc(OC(F)F)cc1. The van der Waals surface area contributed by atoms with Crippen LogP contribution in [0.15, 0.2) is 24.3 Å². The molecule has 0 aliphatic rings. The third-order valence-corrected chi connectivity index (χ3v) is 2.80. The van der Waals surface area contributed by atoms with Crippen molar-refractivity contribution in [3.63, 3.8) is 0 Å². The van der Waals surface area contributed by atoms with E-state index in [1.807, 2.05) is 13.8 Å². The van der Waals surface area contributed by atoms with Gasteiger partial charge in [0.05, 0.1) is 12.1 Å². The van der Waals surface area contributed by atoms with Crippen LogP contribution in [0, 0.1) is 0 Å². The Morgan fingerprint density at radius 1 is 1.33 bits per heavy atom. The number of aliphatic hydroxyl groups is 1. The van der Waals surface area contributed by atoms with Crippen LogP contribution in [0.25, 0.3) is 0 Å². The lowest BCUT2D eigenvalue weighted by atomic mass is 9.92. The first kappa shape index (κ1) is 14.9. The van der Waals surface area contributed by atoms with Gasteiger partial charge in [-0.2, -0.15) is 8.78 Å². The second-order valence-corrected chi connectivity index (χ2v) is 4.32. The maximum atomic E-state index is 12.0. The summed E-state index contributed by atoms with van der Waals surface area (Å²) in [5, 5.41) is 12.7. The van der Waals surface area contributed by atoms with E-state index in [9.17, 15) is 13.9 Å². The molecule has 0 amide bonds. The molecule has 102 valence electrons. The van der Waals surface area contributed by atoms with Crippen molar-refractivity contribution in [2.45, 2.75) is 32.4 Å². The fourth-order valence-electron chi connectivity index (χ4n) is 1.65. The summed E-state index contributed by atoms with van der Waals surface area (Å²) in [4.78, 5) is 0. The average molecular weight is 259 g/mol. The number of nitrogens with one attached hydrogen (secondary N) is 1. The van der Waals surface area contributed by atoms with Crippen molar-refractivity contribution in [1.29, 1.82) is 0 Å². The Balaban J connectivity index is 2.81. The lowest BCUT2D eigenvalue weighted by Gasteiger charge is -2.29. The van der Waals surface area contributed by atoms with E-state index < -0.39 is 12.2 Å². The van der Waals surface area contributed by atoms with Gasteiger partial charge in [-0.1, -0.05) is 19.1 Å². The highest BCUT2D eigenvalue weighted by molar-refractivity contribution is 5.31. The number of benzene rings is 1. The van der Waals surface area contributed by atoms with E-state index >= 15 is 0 Å². The van der Waals surface area contributed by atoms with Crippen molar-refractivity contribution >= 4 is 0 Å². The molecule has 0 radical (unpaired) electrons. The molecule has 0 aromatic heterocycles. The van der Waals surface area contributed by atoms with Crippen LogP contribution in [0.5, 0.6) is 5.75 Å². The molecule has 1 aromatic carbocycles. The molecule has 5 heteroatoms.